The fourth-order valence-electron chi connectivity index (χ4n) is 8.61. The third-order valence-electron chi connectivity index (χ3n) is 11.9. The zero-order chi connectivity index (χ0) is 46.8. The van der Waals surface area contributed by atoms with Crippen LogP contribution in [0.2, 0.25) is 0 Å². The van der Waals surface area contributed by atoms with Gasteiger partial charge < -0.3 is 74.2 Å². The molecular formula is C40H57N11O13. The van der Waals surface area contributed by atoms with E-state index in [1.807, 2.05) is 0 Å². The first-order chi connectivity index (χ1) is 30.4. The van der Waals surface area contributed by atoms with Crippen molar-refractivity contribution < 1.29 is 63.9 Å². The van der Waals surface area contributed by atoms with Gasteiger partial charge in [0.1, 0.15) is 24.2 Å². The second kappa shape index (κ2) is 21.6. The molecule has 64 heavy (non-hydrogen) atoms. The van der Waals surface area contributed by atoms with Crippen molar-refractivity contribution in [1.29, 1.82) is 0 Å². The Kier molecular flexibility index (Phi) is 16.3. The quantitative estimate of drug-likeness (QED) is 0.0205. The number of amides is 6. The number of nitrogens with one attached hydrogen (secondary N) is 5. The van der Waals surface area contributed by atoms with E-state index < -0.39 is 104 Å². The first kappa shape index (κ1) is 48.3. The van der Waals surface area contributed by atoms with E-state index in [-0.39, 0.29) is 68.3 Å². The van der Waals surface area contributed by atoms with Crippen molar-refractivity contribution in [2.45, 2.75) is 100.0 Å². The molecule has 16 N–H and O–H groups in total. The number of carboxylic acids is 2. The number of aliphatic hydroxyl groups is 1. The van der Waals surface area contributed by atoms with Gasteiger partial charge in [-0.15, -0.1) is 0 Å². The number of likely N-dealkylation sites (tertiary alicyclic amines) is 1. The summed E-state index contributed by atoms with van der Waals surface area (Å²) in [6.45, 7) is -1.94. The Labute approximate surface area is 366 Å². The lowest BCUT2D eigenvalue weighted by Crippen LogP contribution is -2.58. The van der Waals surface area contributed by atoms with Crippen LogP contribution in [0, 0.1) is 11.8 Å². The molecular weight excluding hydrogens is 843 g/mol. The first-order valence-corrected chi connectivity index (χ1v) is 21.1. The summed E-state index contributed by atoms with van der Waals surface area (Å²) in [6, 6.07) is -6.93. The topological polar surface area (TPSA) is 396 Å². The number of rotatable bonds is 24. The standard InChI is InChI=1S/C40H57N11O13/c41-23(5-1-2-13-51-37(61)31-21-10-11-22(32(31)38(51)62)20-9-8-19(20)21)33(57)45-16-28(53)47-24(6-3-12-44-40(42)43)34(58)46-17-29(54)48-25(15-30(55)56)35(59)49-26(18-52)36(60)50-14-4-7-27(50)39(63)64/h8-11,19-27,52,61-62H,1-7,12-18,41H2,(H,45,57)(H,46,58)(H,47,53)(H,48,54)(H,49,59)(H,55,56)(H,63,64)(H4,42,43,44)/t19-,20?,21?,22?,23+,24?,25?,26?,27?/m1/s1. The molecule has 1 aromatic rings. The summed E-state index contributed by atoms with van der Waals surface area (Å²) in [5, 5.41) is 62.1. The summed E-state index contributed by atoms with van der Waals surface area (Å²) in [5.41, 5.74) is 18.3. The minimum absolute atomic E-state index is 0.0111. The normalized spacial score (nSPS) is 21.8. The highest BCUT2D eigenvalue weighted by atomic mass is 16.4. The average Bonchev–Trinajstić information content (AvgIpc) is 3.83. The highest BCUT2D eigenvalue weighted by Gasteiger charge is 2.49. The van der Waals surface area contributed by atoms with Gasteiger partial charge in [0.25, 0.3) is 0 Å². The van der Waals surface area contributed by atoms with Gasteiger partial charge in [0, 0.05) is 42.6 Å². The number of carboxylic acid groups (broad SMARTS) is 2. The molecule has 0 radical (unpaired) electrons. The SMILES string of the molecule is NC(N)=NCCCC(NC(=O)CNC(=O)[C@@H](N)CCCCn1c(O)c2c(c1O)C1C=CC2C2C=C[C@@H]12)C(=O)NCC(=O)NC(CC(=O)O)C(=O)NC(CO)C(=O)N1CCCC1C(=O)O. The molecule has 9 atom stereocenters. The lowest BCUT2D eigenvalue weighted by Gasteiger charge is -2.47. The fourth-order valence-corrected chi connectivity index (χ4v) is 8.61. The Morgan fingerprint density at radius 2 is 1.34 bits per heavy atom. The zero-order valence-electron chi connectivity index (χ0n) is 35.0. The summed E-state index contributed by atoms with van der Waals surface area (Å²) >= 11 is 0. The van der Waals surface area contributed by atoms with Gasteiger partial charge in [-0.3, -0.25) is 43.1 Å². The smallest absolute Gasteiger partial charge is 0.326 e. The number of hydrogen-bond donors (Lipinski definition) is 13. The molecule has 0 saturated carbocycles. The van der Waals surface area contributed by atoms with E-state index >= 15 is 0 Å². The number of aliphatic carboxylic acids is 2. The first-order valence-electron chi connectivity index (χ1n) is 21.1. The van der Waals surface area contributed by atoms with Crippen molar-refractivity contribution in [3.63, 3.8) is 0 Å². The molecule has 2 bridgehead atoms. The van der Waals surface area contributed by atoms with E-state index in [4.69, 9.17) is 17.2 Å². The number of guanidine groups is 1. The number of carbonyl (C=O) groups is 8. The Morgan fingerprint density at radius 1 is 0.750 bits per heavy atom. The number of aromatic hydroxyl groups is 2. The molecule has 24 nitrogen and oxygen atoms in total. The number of nitrogens with zero attached hydrogens (tertiary/aromatic N) is 3. The molecule has 0 aromatic carbocycles. The van der Waals surface area contributed by atoms with Gasteiger partial charge in [-0.1, -0.05) is 24.3 Å². The summed E-state index contributed by atoms with van der Waals surface area (Å²) in [6.07, 6.45) is 9.25. The van der Waals surface area contributed by atoms with Crippen LogP contribution in [0.1, 0.15) is 74.3 Å². The molecule has 6 amide bonds. The maximum atomic E-state index is 13.2. The van der Waals surface area contributed by atoms with E-state index in [1.165, 1.54) is 4.57 Å². The number of allylic oxidation sites excluding steroid dienone is 4. The summed E-state index contributed by atoms with van der Waals surface area (Å²) in [4.78, 5) is 106. The average molecular weight is 900 g/mol. The molecule has 1 aromatic heterocycles. The van der Waals surface area contributed by atoms with Crippen LogP contribution in [-0.4, -0.2) is 151 Å². The molecule has 4 aliphatic carbocycles. The van der Waals surface area contributed by atoms with Crippen LogP contribution in [0.4, 0.5) is 0 Å². The number of carbonyl (C=O) groups excluding carboxylic acids is 6. The highest BCUT2D eigenvalue weighted by Crippen LogP contribution is 2.61. The number of aliphatic imine (C=N–C) groups is 1. The summed E-state index contributed by atoms with van der Waals surface area (Å²) in [5.74, 6) is -7.78. The number of nitrogens with two attached hydrogens (primary N) is 3. The second-order valence-corrected chi connectivity index (χ2v) is 16.2. The van der Waals surface area contributed by atoms with Crippen molar-refractivity contribution in [2.75, 3.05) is 32.8 Å². The van der Waals surface area contributed by atoms with E-state index in [0.29, 0.717) is 37.6 Å². The lowest BCUT2D eigenvalue weighted by molar-refractivity contribution is -0.150. The van der Waals surface area contributed by atoms with Crippen LogP contribution in [0.3, 0.4) is 0 Å². The number of unbranched alkanes of at least 4 members (excludes halogenated alkanes) is 1. The van der Waals surface area contributed by atoms with Gasteiger partial charge in [0.15, 0.2) is 17.7 Å². The minimum Gasteiger partial charge on any atom is -0.494 e. The molecule has 7 unspecified atom stereocenters. The van der Waals surface area contributed by atoms with Gasteiger partial charge in [-0.2, -0.15) is 0 Å². The predicted octanol–water partition coefficient (Wildman–Crippen LogP) is -3.77. The van der Waals surface area contributed by atoms with Crippen molar-refractivity contribution >= 4 is 53.3 Å². The largest absolute Gasteiger partial charge is 0.494 e. The van der Waals surface area contributed by atoms with E-state index in [9.17, 15) is 63.9 Å². The molecule has 350 valence electrons. The zero-order valence-corrected chi connectivity index (χ0v) is 35.0. The highest BCUT2D eigenvalue weighted by molar-refractivity contribution is 5.96. The Balaban J connectivity index is 1.07. The van der Waals surface area contributed by atoms with Crippen LogP contribution in [-0.2, 0) is 44.9 Å². The molecule has 1 aliphatic heterocycles. The predicted molar refractivity (Wildman–Crippen MR) is 224 cm³/mol. The lowest BCUT2D eigenvalue weighted by atomic mass is 9.56. The van der Waals surface area contributed by atoms with Crippen LogP contribution in [0.25, 0.3) is 0 Å². The number of hydrogen-bond acceptors (Lipinski definition) is 13. The Bertz CT molecular complexity index is 2020. The Morgan fingerprint density at radius 3 is 1.89 bits per heavy atom. The maximum Gasteiger partial charge on any atom is 0.326 e. The van der Waals surface area contributed by atoms with Gasteiger partial charge in [-0.25, -0.2) is 4.79 Å². The van der Waals surface area contributed by atoms with Crippen molar-refractivity contribution in [2.24, 2.45) is 34.0 Å². The number of aliphatic hydroxyl groups excluding tert-OH is 1. The number of aromatic nitrogens is 1. The molecule has 2 heterocycles. The van der Waals surface area contributed by atoms with Crippen LogP contribution in [0.15, 0.2) is 29.3 Å². The molecule has 1 saturated heterocycles. The third kappa shape index (κ3) is 11.5. The molecule has 6 rings (SSSR count). The third-order valence-corrected chi connectivity index (χ3v) is 11.9. The maximum absolute atomic E-state index is 13.2. The van der Waals surface area contributed by atoms with Crippen molar-refractivity contribution in [3.8, 4) is 11.8 Å². The minimum atomic E-state index is -1.80. The van der Waals surface area contributed by atoms with Gasteiger partial charge >= 0.3 is 11.9 Å². The van der Waals surface area contributed by atoms with Crippen LogP contribution in [0.5, 0.6) is 11.8 Å². The van der Waals surface area contributed by atoms with Gasteiger partial charge in [0.2, 0.25) is 35.4 Å². The van der Waals surface area contributed by atoms with E-state index in [1.54, 1.807) is 0 Å². The van der Waals surface area contributed by atoms with Gasteiger partial charge in [-0.05, 0) is 56.8 Å². The van der Waals surface area contributed by atoms with Gasteiger partial charge in [0.05, 0.1) is 32.2 Å². The molecule has 1 fully saturated rings. The summed E-state index contributed by atoms with van der Waals surface area (Å²) < 4.78 is 1.49. The Hall–Kier alpha value is -6.69. The molecule has 5 aliphatic rings. The van der Waals surface area contributed by atoms with Crippen molar-refractivity contribution in [1.82, 2.24) is 36.1 Å². The monoisotopic (exact) mass is 899 g/mol. The second-order valence-electron chi connectivity index (χ2n) is 16.2. The molecule has 0 spiro atoms. The van der Waals surface area contributed by atoms with E-state index in [0.717, 1.165) is 16.0 Å². The van der Waals surface area contributed by atoms with Crippen LogP contribution >= 0.6 is 0 Å². The fraction of sp³-hybridized carbons (Fsp3) is 0.575. The summed E-state index contributed by atoms with van der Waals surface area (Å²) in [7, 11) is 0. The van der Waals surface area contributed by atoms with Crippen LogP contribution < -0.4 is 43.8 Å². The van der Waals surface area contributed by atoms with E-state index in [2.05, 4.69) is 55.9 Å². The van der Waals surface area contributed by atoms with Crippen molar-refractivity contribution in [3.05, 3.63) is 35.4 Å². The molecule has 24 heteroatoms.